The standard InChI is InChI=1S/C21H26O4/c1-24-20-15-11-14(19(23)21(20)25-2)8-4-6-12-5-3-7-13-9-10-16(22)18(15)17(12)13/h9-10,12,15,22-23H,3-8,11H2,1-2H3/t12-,15?/m1/s1. The van der Waals surface area contributed by atoms with Crippen LogP contribution in [-0.2, 0) is 15.9 Å². The van der Waals surface area contributed by atoms with E-state index in [4.69, 9.17) is 9.47 Å². The summed E-state index contributed by atoms with van der Waals surface area (Å²) in [5.74, 6) is 1.99. The molecule has 4 heteroatoms. The molecule has 4 rings (SSSR count). The molecule has 0 amide bonds. The van der Waals surface area contributed by atoms with E-state index in [-0.39, 0.29) is 11.7 Å². The summed E-state index contributed by atoms with van der Waals surface area (Å²) in [6.07, 6.45) is 7.14. The topological polar surface area (TPSA) is 58.9 Å². The summed E-state index contributed by atoms with van der Waals surface area (Å²) in [5, 5.41) is 21.4. The number of hydrogen-bond donors (Lipinski definition) is 2. The summed E-state index contributed by atoms with van der Waals surface area (Å²) < 4.78 is 11.2. The fraction of sp³-hybridized carbons (Fsp3) is 0.524. The van der Waals surface area contributed by atoms with Gasteiger partial charge in [-0.2, -0.15) is 0 Å². The van der Waals surface area contributed by atoms with E-state index in [0.717, 1.165) is 36.8 Å². The highest BCUT2D eigenvalue weighted by Gasteiger charge is 2.38. The molecule has 134 valence electrons. The normalized spacial score (nSPS) is 25.7. The highest BCUT2D eigenvalue weighted by Crippen LogP contribution is 2.51. The van der Waals surface area contributed by atoms with Crippen molar-refractivity contribution in [1.29, 1.82) is 0 Å². The molecule has 0 aromatic heterocycles. The molecular weight excluding hydrogens is 316 g/mol. The number of rotatable bonds is 2. The van der Waals surface area contributed by atoms with Gasteiger partial charge in [0, 0.05) is 5.56 Å². The Morgan fingerprint density at radius 1 is 0.960 bits per heavy atom. The van der Waals surface area contributed by atoms with Crippen LogP contribution >= 0.6 is 0 Å². The van der Waals surface area contributed by atoms with Gasteiger partial charge < -0.3 is 19.7 Å². The fourth-order valence-corrected chi connectivity index (χ4v) is 5.03. The third-order valence-electron chi connectivity index (χ3n) is 6.11. The minimum atomic E-state index is -0.0977. The van der Waals surface area contributed by atoms with E-state index in [1.54, 1.807) is 14.2 Å². The van der Waals surface area contributed by atoms with Crippen molar-refractivity contribution >= 4 is 0 Å². The number of ether oxygens (including phenoxy) is 2. The average molecular weight is 342 g/mol. The maximum absolute atomic E-state index is 10.8. The molecular formula is C21H26O4. The highest BCUT2D eigenvalue weighted by molar-refractivity contribution is 5.54. The number of aromatic hydroxyl groups is 1. The van der Waals surface area contributed by atoms with Crippen molar-refractivity contribution in [3.63, 3.8) is 0 Å². The number of aliphatic hydroxyl groups excluding tert-OH is 1. The Kier molecular flexibility index (Phi) is 4.14. The zero-order valence-electron chi connectivity index (χ0n) is 15.0. The summed E-state index contributed by atoms with van der Waals surface area (Å²) >= 11 is 0. The van der Waals surface area contributed by atoms with Gasteiger partial charge in [0.15, 0.2) is 11.5 Å². The minimum absolute atomic E-state index is 0.0977. The van der Waals surface area contributed by atoms with Crippen LogP contribution in [0, 0.1) is 0 Å². The van der Waals surface area contributed by atoms with Crippen molar-refractivity contribution < 1.29 is 19.7 Å². The van der Waals surface area contributed by atoms with Crippen LogP contribution in [0.3, 0.4) is 0 Å². The number of phenolic OH excluding ortho intramolecular Hbond substituents is 1. The quantitative estimate of drug-likeness (QED) is 0.810. The lowest BCUT2D eigenvalue weighted by atomic mass is 9.74. The Morgan fingerprint density at radius 3 is 2.44 bits per heavy atom. The van der Waals surface area contributed by atoms with Gasteiger partial charge in [-0.05, 0) is 73.6 Å². The van der Waals surface area contributed by atoms with E-state index in [2.05, 4.69) is 6.07 Å². The lowest BCUT2D eigenvalue weighted by Gasteiger charge is -2.33. The average Bonchev–Trinajstić information content (AvgIpc) is 2.69. The second kappa shape index (κ2) is 6.32. The Labute approximate surface area is 148 Å². The first-order valence-corrected chi connectivity index (χ1v) is 9.23. The van der Waals surface area contributed by atoms with Gasteiger partial charge in [-0.1, -0.05) is 6.07 Å². The van der Waals surface area contributed by atoms with Crippen LogP contribution in [0.2, 0.25) is 0 Å². The summed E-state index contributed by atoms with van der Waals surface area (Å²) in [6, 6.07) is 3.91. The molecule has 0 saturated carbocycles. The molecule has 1 aromatic carbocycles. The van der Waals surface area contributed by atoms with Crippen LogP contribution in [-0.4, -0.2) is 24.4 Å². The van der Waals surface area contributed by atoms with Crippen molar-refractivity contribution in [2.45, 2.75) is 56.8 Å². The smallest absolute Gasteiger partial charge is 0.199 e. The number of hydrogen-bond acceptors (Lipinski definition) is 4. The Morgan fingerprint density at radius 2 is 1.72 bits per heavy atom. The Hall–Kier alpha value is -2.10. The zero-order valence-corrected chi connectivity index (χ0v) is 15.0. The predicted molar refractivity (Wildman–Crippen MR) is 95.7 cm³/mol. The summed E-state index contributed by atoms with van der Waals surface area (Å²) in [5.41, 5.74) is 4.68. The van der Waals surface area contributed by atoms with E-state index in [1.165, 1.54) is 24.0 Å². The van der Waals surface area contributed by atoms with Gasteiger partial charge in [-0.25, -0.2) is 0 Å². The van der Waals surface area contributed by atoms with E-state index in [0.29, 0.717) is 29.6 Å². The SMILES string of the molecule is COC1=C(OC)C2CC(=C1O)CCC[C@H]1CCCc3ccc(O)c2c31. The van der Waals surface area contributed by atoms with E-state index in [1.807, 2.05) is 6.07 Å². The summed E-state index contributed by atoms with van der Waals surface area (Å²) in [6.45, 7) is 0. The Balaban J connectivity index is 1.98. The van der Waals surface area contributed by atoms with Crippen molar-refractivity contribution in [1.82, 2.24) is 0 Å². The maximum Gasteiger partial charge on any atom is 0.199 e. The van der Waals surface area contributed by atoms with E-state index >= 15 is 0 Å². The van der Waals surface area contributed by atoms with Gasteiger partial charge >= 0.3 is 0 Å². The van der Waals surface area contributed by atoms with Gasteiger partial charge in [0.1, 0.15) is 11.5 Å². The third-order valence-corrected chi connectivity index (χ3v) is 6.11. The molecule has 0 fully saturated rings. The molecule has 0 saturated heterocycles. The summed E-state index contributed by atoms with van der Waals surface area (Å²) in [7, 11) is 3.18. The molecule has 3 aliphatic carbocycles. The highest BCUT2D eigenvalue weighted by atomic mass is 16.5. The van der Waals surface area contributed by atoms with Crippen molar-refractivity contribution in [3.8, 4) is 5.75 Å². The second-order valence-electron chi connectivity index (χ2n) is 7.36. The fourth-order valence-electron chi connectivity index (χ4n) is 5.03. The number of benzene rings is 1. The lowest BCUT2D eigenvalue weighted by Crippen LogP contribution is -2.20. The number of aliphatic hydroxyl groups is 1. The van der Waals surface area contributed by atoms with Gasteiger partial charge in [0.25, 0.3) is 0 Å². The van der Waals surface area contributed by atoms with Gasteiger partial charge in [-0.3, -0.25) is 0 Å². The lowest BCUT2D eigenvalue weighted by molar-refractivity contribution is 0.178. The van der Waals surface area contributed by atoms with Crippen molar-refractivity contribution in [2.24, 2.45) is 0 Å². The molecule has 2 bridgehead atoms. The maximum atomic E-state index is 10.8. The van der Waals surface area contributed by atoms with Crippen LogP contribution in [0.25, 0.3) is 0 Å². The molecule has 3 aliphatic rings. The molecule has 25 heavy (non-hydrogen) atoms. The third kappa shape index (κ3) is 2.50. The van der Waals surface area contributed by atoms with Crippen LogP contribution in [0.15, 0.2) is 35.0 Å². The number of phenols is 1. The zero-order chi connectivity index (χ0) is 17.6. The van der Waals surface area contributed by atoms with Crippen molar-refractivity contribution in [3.05, 3.63) is 51.7 Å². The predicted octanol–water partition coefficient (Wildman–Crippen LogP) is 4.80. The first-order valence-electron chi connectivity index (χ1n) is 9.23. The van der Waals surface area contributed by atoms with Crippen molar-refractivity contribution in [2.75, 3.05) is 14.2 Å². The number of methoxy groups -OCH3 is 2. The van der Waals surface area contributed by atoms with E-state index in [9.17, 15) is 10.2 Å². The largest absolute Gasteiger partial charge is 0.508 e. The van der Waals surface area contributed by atoms with Gasteiger partial charge in [0.2, 0.25) is 0 Å². The Bertz CT molecular complexity index is 759. The van der Waals surface area contributed by atoms with Gasteiger partial charge in [-0.15, -0.1) is 0 Å². The minimum Gasteiger partial charge on any atom is -0.508 e. The van der Waals surface area contributed by atoms with E-state index < -0.39 is 0 Å². The molecule has 4 nitrogen and oxygen atoms in total. The number of fused-ring (bicyclic) bond motifs is 3. The first-order chi connectivity index (χ1) is 12.2. The molecule has 0 heterocycles. The monoisotopic (exact) mass is 342 g/mol. The van der Waals surface area contributed by atoms with Crippen LogP contribution < -0.4 is 0 Å². The number of allylic oxidation sites excluding steroid dienone is 2. The van der Waals surface area contributed by atoms with Crippen LogP contribution in [0.4, 0.5) is 0 Å². The molecule has 0 radical (unpaired) electrons. The molecule has 1 unspecified atom stereocenters. The first kappa shape index (κ1) is 16.4. The molecule has 0 spiro atoms. The molecule has 2 atom stereocenters. The van der Waals surface area contributed by atoms with Crippen LogP contribution in [0.5, 0.6) is 5.75 Å². The van der Waals surface area contributed by atoms with Gasteiger partial charge in [0.05, 0.1) is 20.1 Å². The molecule has 0 aliphatic heterocycles. The van der Waals surface area contributed by atoms with Crippen LogP contribution in [0.1, 0.15) is 67.1 Å². The second-order valence-corrected chi connectivity index (χ2v) is 7.36. The summed E-state index contributed by atoms with van der Waals surface area (Å²) in [4.78, 5) is 0. The molecule has 2 N–H and O–H groups in total. The molecule has 1 aromatic rings. The number of aryl methyl sites for hydroxylation is 1.